The van der Waals surface area contributed by atoms with Crippen LogP contribution in [0.5, 0.6) is 5.75 Å². The molecule has 0 aromatic heterocycles. The third kappa shape index (κ3) is 2.21. The summed E-state index contributed by atoms with van der Waals surface area (Å²) in [6.45, 7) is 1.91. The lowest BCUT2D eigenvalue weighted by Crippen LogP contribution is -2.16. The van der Waals surface area contributed by atoms with E-state index < -0.39 is 0 Å². The first-order valence-corrected chi connectivity index (χ1v) is 4.12. The van der Waals surface area contributed by atoms with E-state index in [0.29, 0.717) is 6.41 Å². The van der Waals surface area contributed by atoms with E-state index in [1.54, 1.807) is 7.11 Å². The van der Waals surface area contributed by atoms with E-state index >= 15 is 0 Å². The maximum absolute atomic E-state index is 10.2. The Kier molecular flexibility index (Phi) is 3.31. The van der Waals surface area contributed by atoms with Gasteiger partial charge >= 0.3 is 0 Å². The fourth-order valence-electron chi connectivity index (χ4n) is 1.22. The highest BCUT2D eigenvalue weighted by Crippen LogP contribution is 2.23. The Morgan fingerprint density at radius 1 is 1.46 bits per heavy atom. The average molecular weight is 179 g/mol. The first-order chi connectivity index (χ1) is 6.29. The van der Waals surface area contributed by atoms with E-state index in [1.165, 1.54) is 0 Å². The standard InChI is InChI=1S/C10H13NO2/c1-8(11-7-12)9-5-3-4-6-10(9)13-2/h3-8H,1-2H3,(H,11,12)/t8-/m0/s1. The third-order valence-corrected chi connectivity index (χ3v) is 1.92. The first kappa shape index (κ1) is 9.58. The van der Waals surface area contributed by atoms with Crippen LogP contribution in [0.1, 0.15) is 18.5 Å². The maximum atomic E-state index is 10.2. The van der Waals surface area contributed by atoms with Crippen molar-refractivity contribution in [1.29, 1.82) is 0 Å². The molecule has 3 heteroatoms. The first-order valence-electron chi connectivity index (χ1n) is 4.12. The summed E-state index contributed by atoms with van der Waals surface area (Å²) in [5.74, 6) is 0.796. The van der Waals surface area contributed by atoms with Gasteiger partial charge < -0.3 is 10.1 Å². The van der Waals surface area contributed by atoms with E-state index in [9.17, 15) is 4.79 Å². The van der Waals surface area contributed by atoms with Gasteiger partial charge in [0.1, 0.15) is 5.75 Å². The Morgan fingerprint density at radius 3 is 2.77 bits per heavy atom. The highest BCUT2D eigenvalue weighted by Gasteiger charge is 2.08. The van der Waals surface area contributed by atoms with E-state index in [4.69, 9.17) is 4.74 Å². The molecule has 1 aromatic carbocycles. The topological polar surface area (TPSA) is 38.3 Å². The molecule has 0 aliphatic rings. The zero-order valence-corrected chi connectivity index (χ0v) is 7.78. The van der Waals surface area contributed by atoms with Gasteiger partial charge in [0.15, 0.2) is 0 Å². The lowest BCUT2D eigenvalue weighted by atomic mass is 10.1. The van der Waals surface area contributed by atoms with Crippen molar-refractivity contribution >= 4 is 6.41 Å². The van der Waals surface area contributed by atoms with Gasteiger partial charge in [0.05, 0.1) is 13.2 Å². The summed E-state index contributed by atoms with van der Waals surface area (Å²) in [5, 5.41) is 2.68. The van der Waals surface area contributed by atoms with Gasteiger partial charge in [-0.2, -0.15) is 0 Å². The molecule has 1 rings (SSSR count). The van der Waals surface area contributed by atoms with E-state index in [2.05, 4.69) is 5.32 Å². The SMILES string of the molecule is COc1ccccc1[C@H](C)NC=O. The molecule has 0 fully saturated rings. The number of hydrogen-bond acceptors (Lipinski definition) is 2. The molecule has 1 atom stereocenters. The van der Waals surface area contributed by atoms with Crippen LogP contribution < -0.4 is 10.1 Å². The van der Waals surface area contributed by atoms with Gasteiger partial charge in [0, 0.05) is 5.56 Å². The van der Waals surface area contributed by atoms with Crippen LogP contribution in [-0.2, 0) is 4.79 Å². The predicted molar refractivity (Wildman–Crippen MR) is 50.6 cm³/mol. The Hall–Kier alpha value is -1.51. The molecule has 0 heterocycles. The highest BCUT2D eigenvalue weighted by atomic mass is 16.5. The predicted octanol–water partition coefficient (Wildman–Crippen LogP) is 1.50. The Morgan fingerprint density at radius 2 is 2.15 bits per heavy atom. The van der Waals surface area contributed by atoms with Crippen LogP contribution in [-0.4, -0.2) is 13.5 Å². The molecule has 0 saturated carbocycles. The second kappa shape index (κ2) is 4.50. The number of carbonyl (C=O) groups is 1. The summed E-state index contributed by atoms with van der Waals surface area (Å²) in [6.07, 6.45) is 0.692. The molecular formula is C10H13NO2. The molecule has 3 nitrogen and oxygen atoms in total. The largest absolute Gasteiger partial charge is 0.496 e. The fraction of sp³-hybridized carbons (Fsp3) is 0.300. The van der Waals surface area contributed by atoms with Crippen molar-refractivity contribution in [2.75, 3.05) is 7.11 Å². The van der Waals surface area contributed by atoms with Crippen LogP contribution in [0, 0.1) is 0 Å². The number of methoxy groups -OCH3 is 1. The number of benzene rings is 1. The highest BCUT2D eigenvalue weighted by molar-refractivity contribution is 5.49. The van der Waals surface area contributed by atoms with Gasteiger partial charge in [-0.15, -0.1) is 0 Å². The fourth-order valence-corrected chi connectivity index (χ4v) is 1.22. The van der Waals surface area contributed by atoms with Crippen LogP contribution >= 0.6 is 0 Å². The monoisotopic (exact) mass is 179 g/mol. The lowest BCUT2D eigenvalue weighted by molar-refractivity contribution is -0.110. The van der Waals surface area contributed by atoms with Crippen molar-refractivity contribution in [3.05, 3.63) is 29.8 Å². The molecule has 0 saturated heterocycles. The zero-order valence-electron chi connectivity index (χ0n) is 7.78. The van der Waals surface area contributed by atoms with Crippen molar-refractivity contribution < 1.29 is 9.53 Å². The number of rotatable bonds is 4. The van der Waals surface area contributed by atoms with Crippen molar-refractivity contribution in [1.82, 2.24) is 5.32 Å². The van der Waals surface area contributed by atoms with E-state index in [0.717, 1.165) is 11.3 Å². The van der Waals surface area contributed by atoms with Crippen LogP contribution in [0.4, 0.5) is 0 Å². The summed E-state index contributed by atoms with van der Waals surface area (Å²) in [7, 11) is 1.62. The van der Waals surface area contributed by atoms with E-state index in [-0.39, 0.29) is 6.04 Å². The smallest absolute Gasteiger partial charge is 0.207 e. The van der Waals surface area contributed by atoms with Gasteiger partial charge in [-0.05, 0) is 13.0 Å². The summed E-state index contributed by atoms with van der Waals surface area (Å²) in [4.78, 5) is 10.2. The summed E-state index contributed by atoms with van der Waals surface area (Å²) >= 11 is 0. The van der Waals surface area contributed by atoms with Crippen LogP contribution in [0.2, 0.25) is 0 Å². The molecular weight excluding hydrogens is 166 g/mol. The number of nitrogens with one attached hydrogen (secondary N) is 1. The Bertz CT molecular complexity index is 286. The second-order valence-electron chi connectivity index (χ2n) is 2.75. The molecule has 0 aliphatic carbocycles. The summed E-state index contributed by atoms with van der Waals surface area (Å²) in [5.41, 5.74) is 0.983. The van der Waals surface area contributed by atoms with Gasteiger partial charge in [-0.1, -0.05) is 18.2 Å². The van der Waals surface area contributed by atoms with Crippen molar-refractivity contribution in [3.63, 3.8) is 0 Å². The van der Waals surface area contributed by atoms with Crippen LogP contribution in [0.25, 0.3) is 0 Å². The number of amides is 1. The Balaban J connectivity index is 2.91. The van der Waals surface area contributed by atoms with Crippen molar-refractivity contribution in [2.24, 2.45) is 0 Å². The number of hydrogen-bond donors (Lipinski definition) is 1. The molecule has 70 valence electrons. The minimum Gasteiger partial charge on any atom is -0.496 e. The number of carbonyl (C=O) groups excluding carboxylic acids is 1. The van der Waals surface area contributed by atoms with Gasteiger partial charge in [-0.3, -0.25) is 4.79 Å². The van der Waals surface area contributed by atoms with E-state index in [1.807, 2.05) is 31.2 Å². The second-order valence-corrected chi connectivity index (χ2v) is 2.75. The normalized spacial score (nSPS) is 11.8. The summed E-state index contributed by atoms with van der Waals surface area (Å²) in [6, 6.07) is 7.60. The Labute approximate surface area is 77.7 Å². The quantitative estimate of drug-likeness (QED) is 0.711. The molecule has 0 bridgehead atoms. The molecule has 0 radical (unpaired) electrons. The lowest BCUT2D eigenvalue weighted by Gasteiger charge is -2.14. The molecule has 1 N–H and O–H groups in total. The molecule has 0 spiro atoms. The minimum absolute atomic E-state index is 0.0198. The van der Waals surface area contributed by atoms with Crippen molar-refractivity contribution in [2.45, 2.75) is 13.0 Å². The van der Waals surface area contributed by atoms with Crippen molar-refractivity contribution in [3.8, 4) is 5.75 Å². The zero-order chi connectivity index (χ0) is 9.68. The summed E-state index contributed by atoms with van der Waals surface area (Å²) < 4.78 is 5.16. The molecule has 1 amide bonds. The average Bonchev–Trinajstić information content (AvgIpc) is 2.18. The molecule has 0 unspecified atom stereocenters. The maximum Gasteiger partial charge on any atom is 0.207 e. The van der Waals surface area contributed by atoms with Gasteiger partial charge in [-0.25, -0.2) is 0 Å². The molecule has 0 aliphatic heterocycles. The van der Waals surface area contributed by atoms with Gasteiger partial charge in [0.25, 0.3) is 0 Å². The van der Waals surface area contributed by atoms with Gasteiger partial charge in [0.2, 0.25) is 6.41 Å². The van der Waals surface area contributed by atoms with Crippen LogP contribution in [0.15, 0.2) is 24.3 Å². The number of ether oxygens (including phenoxy) is 1. The third-order valence-electron chi connectivity index (χ3n) is 1.92. The molecule has 13 heavy (non-hydrogen) atoms. The number of para-hydroxylation sites is 1. The van der Waals surface area contributed by atoms with Crippen LogP contribution in [0.3, 0.4) is 0 Å². The minimum atomic E-state index is -0.0198. The molecule has 1 aromatic rings.